The molecule has 23 heavy (non-hydrogen) atoms. The van der Waals surface area contributed by atoms with Crippen LogP contribution in [-0.4, -0.2) is 25.2 Å². The Morgan fingerprint density at radius 2 is 1.78 bits per heavy atom. The standard InChI is InChI=1S/C16H15IN2O3S/c1-21-12-6-4-11(5-7-12)18-16(23)19-15(20)10-3-8-14(22-2)13(17)9-10/h3-9H,1-2H3,(H2,18,19,20,23). The predicted molar refractivity (Wildman–Crippen MR) is 102 cm³/mol. The molecule has 0 aromatic heterocycles. The average molecular weight is 442 g/mol. The van der Waals surface area contributed by atoms with E-state index in [1.807, 2.05) is 12.1 Å². The largest absolute Gasteiger partial charge is 0.497 e. The maximum Gasteiger partial charge on any atom is 0.257 e. The van der Waals surface area contributed by atoms with Crippen molar-refractivity contribution in [3.8, 4) is 11.5 Å². The van der Waals surface area contributed by atoms with Crippen LogP contribution in [0.4, 0.5) is 5.69 Å². The third kappa shape index (κ3) is 4.80. The molecule has 1 amide bonds. The lowest BCUT2D eigenvalue weighted by Crippen LogP contribution is -2.34. The summed E-state index contributed by atoms with van der Waals surface area (Å²) in [7, 11) is 3.19. The number of anilines is 1. The molecule has 0 atom stereocenters. The monoisotopic (exact) mass is 442 g/mol. The first kappa shape index (κ1) is 17.5. The maximum absolute atomic E-state index is 12.2. The number of methoxy groups -OCH3 is 2. The highest BCUT2D eigenvalue weighted by Gasteiger charge is 2.10. The molecule has 0 saturated carbocycles. The quantitative estimate of drug-likeness (QED) is 0.562. The van der Waals surface area contributed by atoms with Gasteiger partial charge in [-0.2, -0.15) is 0 Å². The molecule has 2 aromatic carbocycles. The summed E-state index contributed by atoms with van der Waals surface area (Å²) in [4.78, 5) is 12.2. The van der Waals surface area contributed by atoms with Crippen LogP contribution in [0.25, 0.3) is 0 Å². The highest BCUT2D eigenvalue weighted by molar-refractivity contribution is 14.1. The Morgan fingerprint density at radius 3 is 2.35 bits per heavy atom. The van der Waals surface area contributed by atoms with E-state index in [0.29, 0.717) is 5.56 Å². The van der Waals surface area contributed by atoms with E-state index < -0.39 is 0 Å². The van der Waals surface area contributed by atoms with E-state index >= 15 is 0 Å². The molecule has 0 aliphatic rings. The van der Waals surface area contributed by atoms with Crippen LogP contribution >= 0.6 is 34.8 Å². The number of thiocarbonyl (C=S) groups is 1. The van der Waals surface area contributed by atoms with Crippen molar-refractivity contribution in [2.45, 2.75) is 0 Å². The minimum atomic E-state index is -0.281. The van der Waals surface area contributed by atoms with Crippen LogP contribution < -0.4 is 20.1 Å². The molecular weight excluding hydrogens is 427 g/mol. The Morgan fingerprint density at radius 1 is 1.09 bits per heavy atom. The third-order valence-electron chi connectivity index (χ3n) is 2.99. The van der Waals surface area contributed by atoms with Crippen LogP contribution in [0.2, 0.25) is 0 Å². The Hall–Kier alpha value is -1.87. The molecule has 0 fully saturated rings. The number of hydrogen-bond donors (Lipinski definition) is 2. The molecule has 120 valence electrons. The van der Waals surface area contributed by atoms with Gasteiger partial charge >= 0.3 is 0 Å². The first-order valence-corrected chi connectivity index (χ1v) is 8.12. The van der Waals surface area contributed by atoms with Gasteiger partial charge in [-0.05, 0) is 77.3 Å². The summed E-state index contributed by atoms with van der Waals surface area (Å²) >= 11 is 7.27. The molecule has 2 rings (SSSR count). The van der Waals surface area contributed by atoms with Crippen molar-refractivity contribution >= 4 is 51.5 Å². The number of benzene rings is 2. The van der Waals surface area contributed by atoms with Gasteiger partial charge in [-0.15, -0.1) is 0 Å². The van der Waals surface area contributed by atoms with Crippen molar-refractivity contribution in [2.75, 3.05) is 19.5 Å². The topological polar surface area (TPSA) is 59.6 Å². The number of carbonyl (C=O) groups excluding carboxylic acids is 1. The van der Waals surface area contributed by atoms with Crippen molar-refractivity contribution in [3.05, 3.63) is 51.6 Å². The van der Waals surface area contributed by atoms with E-state index in [-0.39, 0.29) is 11.0 Å². The number of nitrogens with one attached hydrogen (secondary N) is 2. The van der Waals surface area contributed by atoms with Gasteiger partial charge in [-0.3, -0.25) is 10.1 Å². The zero-order chi connectivity index (χ0) is 16.8. The molecule has 0 spiro atoms. The molecule has 0 aliphatic carbocycles. The van der Waals surface area contributed by atoms with E-state index in [4.69, 9.17) is 21.7 Å². The molecule has 2 N–H and O–H groups in total. The number of amides is 1. The second-order valence-electron chi connectivity index (χ2n) is 4.49. The summed E-state index contributed by atoms with van der Waals surface area (Å²) in [5.74, 6) is 1.19. The van der Waals surface area contributed by atoms with Crippen LogP contribution in [-0.2, 0) is 0 Å². The van der Waals surface area contributed by atoms with Crippen LogP contribution in [0.3, 0.4) is 0 Å². The fourth-order valence-electron chi connectivity index (χ4n) is 1.82. The minimum Gasteiger partial charge on any atom is -0.497 e. The van der Waals surface area contributed by atoms with Gasteiger partial charge in [0.25, 0.3) is 5.91 Å². The van der Waals surface area contributed by atoms with E-state index in [9.17, 15) is 4.79 Å². The van der Waals surface area contributed by atoms with Gasteiger partial charge in [-0.25, -0.2) is 0 Å². The number of carbonyl (C=O) groups is 1. The van der Waals surface area contributed by atoms with Gasteiger partial charge in [0.1, 0.15) is 11.5 Å². The van der Waals surface area contributed by atoms with Gasteiger partial charge in [0.2, 0.25) is 0 Å². The molecule has 7 heteroatoms. The van der Waals surface area contributed by atoms with Crippen molar-refractivity contribution < 1.29 is 14.3 Å². The highest BCUT2D eigenvalue weighted by Crippen LogP contribution is 2.21. The third-order valence-corrected chi connectivity index (χ3v) is 4.04. The van der Waals surface area contributed by atoms with Crippen molar-refractivity contribution in [1.29, 1.82) is 0 Å². The zero-order valence-corrected chi connectivity index (χ0v) is 15.5. The molecular formula is C16H15IN2O3S. The van der Waals surface area contributed by atoms with E-state index in [2.05, 4.69) is 33.2 Å². The van der Waals surface area contributed by atoms with Crippen LogP contribution in [0, 0.1) is 3.57 Å². The van der Waals surface area contributed by atoms with E-state index in [1.165, 1.54) is 0 Å². The van der Waals surface area contributed by atoms with Crippen molar-refractivity contribution in [1.82, 2.24) is 5.32 Å². The summed E-state index contributed by atoms with van der Waals surface area (Å²) in [6.07, 6.45) is 0. The zero-order valence-electron chi connectivity index (χ0n) is 12.6. The summed E-state index contributed by atoms with van der Waals surface area (Å²) in [5, 5.41) is 5.82. The minimum absolute atomic E-state index is 0.228. The second-order valence-corrected chi connectivity index (χ2v) is 6.06. The number of rotatable bonds is 4. The smallest absolute Gasteiger partial charge is 0.257 e. The van der Waals surface area contributed by atoms with Gasteiger partial charge in [0, 0.05) is 11.3 Å². The molecule has 0 saturated heterocycles. The van der Waals surface area contributed by atoms with Crippen molar-refractivity contribution in [3.63, 3.8) is 0 Å². The molecule has 5 nitrogen and oxygen atoms in total. The summed E-state index contributed by atoms with van der Waals surface area (Å²) in [6, 6.07) is 12.4. The molecule has 0 unspecified atom stereocenters. The second kappa shape index (κ2) is 8.11. The predicted octanol–water partition coefficient (Wildman–Crippen LogP) is 3.44. The first-order chi connectivity index (χ1) is 11.0. The summed E-state index contributed by atoms with van der Waals surface area (Å²) in [5.41, 5.74) is 1.27. The fraction of sp³-hybridized carbons (Fsp3) is 0.125. The fourth-order valence-corrected chi connectivity index (χ4v) is 2.77. The highest BCUT2D eigenvalue weighted by atomic mass is 127. The van der Waals surface area contributed by atoms with Gasteiger partial charge in [-0.1, -0.05) is 0 Å². The summed E-state index contributed by atoms with van der Waals surface area (Å²) < 4.78 is 11.1. The Kier molecular flexibility index (Phi) is 6.17. The Balaban J connectivity index is 1.98. The molecule has 0 aliphatic heterocycles. The van der Waals surface area contributed by atoms with Gasteiger partial charge in [0.05, 0.1) is 17.8 Å². The van der Waals surface area contributed by atoms with Crippen LogP contribution in [0.5, 0.6) is 11.5 Å². The van der Waals surface area contributed by atoms with E-state index in [1.54, 1.807) is 44.6 Å². The lowest BCUT2D eigenvalue weighted by molar-refractivity contribution is 0.0977. The maximum atomic E-state index is 12.2. The number of hydrogen-bond acceptors (Lipinski definition) is 4. The normalized spacial score (nSPS) is 9.87. The SMILES string of the molecule is COc1ccc(NC(=S)NC(=O)c2ccc(OC)c(I)c2)cc1. The molecule has 0 radical (unpaired) electrons. The Bertz CT molecular complexity index is 720. The average Bonchev–Trinajstić information content (AvgIpc) is 2.55. The first-order valence-electron chi connectivity index (χ1n) is 6.63. The summed E-state index contributed by atoms with van der Waals surface area (Å²) in [6.45, 7) is 0. The molecule has 0 heterocycles. The Labute approximate surface area is 153 Å². The lowest BCUT2D eigenvalue weighted by atomic mass is 10.2. The molecule has 0 bridgehead atoms. The van der Waals surface area contributed by atoms with Gasteiger partial charge < -0.3 is 14.8 Å². The lowest BCUT2D eigenvalue weighted by Gasteiger charge is -2.11. The van der Waals surface area contributed by atoms with Crippen LogP contribution in [0.1, 0.15) is 10.4 Å². The molecule has 2 aromatic rings. The number of halogens is 1. The number of ether oxygens (including phenoxy) is 2. The van der Waals surface area contributed by atoms with Crippen molar-refractivity contribution in [2.24, 2.45) is 0 Å². The van der Waals surface area contributed by atoms with Crippen LogP contribution in [0.15, 0.2) is 42.5 Å². The van der Waals surface area contributed by atoms with E-state index in [0.717, 1.165) is 20.8 Å². The van der Waals surface area contributed by atoms with Gasteiger partial charge in [0.15, 0.2) is 5.11 Å².